The molecule has 3 rings (SSSR count). The van der Waals surface area contributed by atoms with Crippen LogP contribution in [0.2, 0.25) is 0 Å². The van der Waals surface area contributed by atoms with Gasteiger partial charge in [0.2, 0.25) is 17.7 Å². The van der Waals surface area contributed by atoms with Gasteiger partial charge in [-0.15, -0.1) is 0 Å². The average Bonchev–Trinajstić information content (AvgIpc) is 3.59. The molecule has 0 saturated heterocycles. The summed E-state index contributed by atoms with van der Waals surface area (Å²) in [6.07, 6.45) is 2.26. The minimum absolute atomic E-state index is 0.0647. The zero-order valence-electron chi connectivity index (χ0n) is 22.2. The summed E-state index contributed by atoms with van der Waals surface area (Å²) in [4.78, 5) is 71.9. The molecule has 5 unspecified atom stereocenters. The second kappa shape index (κ2) is 14.0. The van der Waals surface area contributed by atoms with Crippen LogP contribution < -0.4 is 21.7 Å². The van der Waals surface area contributed by atoms with Crippen molar-refractivity contribution in [3.63, 3.8) is 0 Å². The number of carboxylic acids is 2. The minimum atomic E-state index is -1.52. The molecule has 15 heteroatoms. The van der Waals surface area contributed by atoms with Crippen LogP contribution >= 0.6 is 0 Å². The molecular weight excluding hydrogens is 538 g/mol. The first kappa shape index (κ1) is 30.8. The van der Waals surface area contributed by atoms with Crippen LogP contribution in [0.1, 0.15) is 31.0 Å². The van der Waals surface area contributed by atoms with E-state index in [-0.39, 0.29) is 19.3 Å². The van der Waals surface area contributed by atoms with Crippen molar-refractivity contribution in [2.45, 2.75) is 62.9 Å². The number of carbonyl (C=O) groups excluding carboxylic acids is 3. The van der Waals surface area contributed by atoms with Gasteiger partial charge in [0.25, 0.3) is 0 Å². The number of benzene rings is 1. The smallest absolute Gasteiger partial charge is 0.326 e. The molecule has 0 aliphatic heterocycles. The zero-order chi connectivity index (χ0) is 30.1. The maximum Gasteiger partial charge on any atom is 0.326 e. The molecule has 0 radical (unpaired) electrons. The number of aliphatic hydroxyl groups excluding tert-OH is 1. The summed E-state index contributed by atoms with van der Waals surface area (Å²) in [6.45, 7) is 1.32. The molecule has 0 aliphatic carbocycles. The lowest BCUT2D eigenvalue weighted by Gasteiger charge is -2.25. The number of nitrogens with one attached hydrogen (secondary N) is 5. The molecule has 41 heavy (non-hydrogen) atoms. The SMILES string of the molecule is CC(O)C(N)C(=O)NC(Cc1cnc[nH]1)C(=O)NC(Cc1c[nH]c2ccccc12)C(=O)NC(CCC(=O)O)C(=O)O. The predicted octanol–water partition coefficient (Wildman–Crippen LogP) is -1.21. The van der Waals surface area contributed by atoms with Gasteiger partial charge in [-0.1, -0.05) is 18.2 Å². The highest BCUT2D eigenvalue weighted by atomic mass is 16.4. The molecule has 0 aliphatic rings. The number of hydrogen-bond donors (Lipinski definition) is 9. The van der Waals surface area contributed by atoms with Gasteiger partial charge in [0.15, 0.2) is 0 Å². The third-order valence-electron chi connectivity index (χ3n) is 6.43. The van der Waals surface area contributed by atoms with Crippen molar-refractivity contribution in [3.8, 4) is 0 Å². The Hall–Kier alpha value is -4.76. The number of nitrogens with two attached hydrogens (primary N) is 1. The van der Waals surface area contributed by atoms with E-state index in [2.05, 4.69) is 30.9 Å². The highest BCUT2D eigenvalue weighted by Crippen LogP contribution is 2.19. The molecule has 1 aromatic carbocycles. The van der Waals surface area contributed by atoms with E-state index in [4.69, 9.17) is 10.8 Å². The number of rotatable bonds is 15. The molecule has 3 amide bonds. The summed E-state index contributed by atoms with van der Waals surface area (Å²) in [7, 11) is 0. The predicted molar refractivity (Wildman–Crippen MR) is 144 cm³/mol. The Balaban J connectivity index is 1.88. The number of imidazole rings is 1. The topological polar surface area (TPSA) is 253 Å². The Kier molecular flexibility index (Phi) is 10.5. The second-order valence-electron chi connectivity index (χ2n) is 9.57. The number of aliphatic hydroxyl groups is 1. The largest absolute Gasteiger partial charge is 0.481 e. The van der Waals surface area contributed by atoms with Gasteiger partial charge in [0.05, 0.1) is 12.4 Å². The van der Waals surface area contributed by atoms with Crippen molar-refractivity contribution in [2.24, 2.45) is 5.73 Å². The lowest BCUT2D eigenvalue weighted by Crippen LogP contribution is -2.59. The van der Waals surface area contributed by atoms with Crippen LogP contribution in [0.15, 0.2) is 43.0 Å². The first-order chi connectivity index (χ1) is 19.5. The number of aromatic nitrogens is 3. The molecule has 15 nitrogen and oxygen atoms in total. The maximum atomic E-state index is 13.5. The molecule has 0 saturated carbocycles. The fourth-order valence-electron chi connectivity index (χ4n) is 4.11. The van der Waals surface area contributed by atoms with E-state index in [1.54, 1.807) is 12.3 Å². The van der Waals surface area contributed by atoms with Crippen molar-refractivity contribution in [3.05, 3.63) is 54.2 Å². The highest BCUT2D eigenvalue weighted by molar-refractivity contribution is 5.95. The Morgan fingerprint density at radius 1 is 0.927 bits per heavy atom. The normalized spacial score (nSPS) is 14.8. The molecule has 0 bridgehead atoms. The summed E-state index contributed by atoms with van der Waals surface area (Å²) in [5, 5.41) is 36.4. The van der Waals surface area contributed by atoms with Crippen LogP contribution in [0.5, 0.6) is 0 Å². The number of amides is 3. The third kappa shape index (κ3) is 8.61. The summed E-state index contributed by atoms with van der Waals surface area (Å²) < 4.78 is 0. The fraction of sp³-hybridized carbons (Fsp3) is 0.385. The van der Waals surface area contributed by atoms with Gasteiger partial charge >= 0.3 is 11.9 Å². The summed E-state index contributed by atoms with van der Waals surface area (Å²) >= 11 is 0. The number of aliphatic carboxylic acids is 2. The lowest BCUT2D eigenvalue weighted by molar-refractivity contribution is -0.143. The quantitative estimate of drug-likeness (QED) is 0.105. The standard InChI is InChI=1S/C26H33N7O8/c1-13(34)22(27)25(39)33-20(9-15-11-28-12-30-15)24(38)32-19(8-14-10-29-17-5-3-2-4-16(14)17)23(37)31-18(26(40)41)6-7-21(35)36/h2-5,10-13,18-20,22,29,34H,6-9,27H2,1H3,(H,28,30)(H,31,37)(H,32,38)(H,33,39)(H,35,36)(H,40,41). The van der Waals surface area contributed by atoms with Crippen molar-refractivity contribution in [1.29, 1.82) is 0 Å². The minimum Gasteiger partial charge on any atom is -0.481 e. The third-order valence-corrected chi connectivity index (χ3v) is 6.43. The number of aromatic amines is 2. The molecule has 2 heterocycles. The van der Waals surface area contributed by atoms with Crippen LogP contribution in [-0.4, -0.2) is 90.2 Å². The van der Waals surface area contributed by atoms with E-state index in [1.165, 1.54) is 19.4 Å². The van der Waals surface area contributed by atoms with Crippen molar-refractivity contribution in [1.82, 2.24) is 30.9 Å². The van der Waals surface area contributed by atoms with E-state index in [1.807, 2.05) is 18.2 Å². The summed E-state index contributed by atoms with van der Waals surface area (Å²) in [5.41, 5.74) is 7.62. The molecule has 220 valence electrons. The summed E-state index contributed by atoms with van der Waals surface area (Å²) in [6, 6.07) is 1.81. The van der Waals surface area contributed by atoms with Crippen LogP contribution in [-0.2, 0) is 36.8 Å². The molecule has 3 aromatic rings. The number of hydrogen-bond acceptors (Lipinski definition) is 8. The van der Waals surface area contributed by atoms with Gasteiger partial charge < -0.3 is 47.0 Å². The highest BCUT2D eigenvalue weighted by Gasteiger charge is 2.32. The van der Waals surface area contributed by atoms with Crippen molar-refractivity contribution in [2.75, 3.05) is 0 Å². The first-order valence-electron chi connectivity index (χ1n) is 12.8. The van der Waals surface area contributed by atoms with Crippen LogP contribution in [0.3, 0.4) is 0 Å². The molecule has 10 N–H and O–H groups in total. The molecule has 0 fully saturated rings. The van der Waals surface area contributed by atoms with E-state index >= 15 is 0 Å². The fourth-order valence-corrected chi connectivity index (χ4v) is 4.11. The maximum absolute atomic E-state index is 13.5. The van der Waals surface area contributed by atoms with Crippen LogP contribution in [0, 0.1) is 0 Å². The molecule has 2 aromatic heterocycles. The summed E-state index contributed by atoms with van der Waals surface area (Å²) in [5.74, 6) is -5.14. The van der Waals surface area contributed by atoms with Crippen LogP contribution in [0.4, 0.5) is 0 Å². The Labute approximate surface area is 233 Å². The van der Waals surface area contributed by atoms with E-state index in [0.29, 0.717) is 11.3 Å². The van der Waals surface area contributed by atoms with Gasteiger partial charge in [0.1, 0.15) is 24.2 Å². The molecule has 5 atom stereocenters. The Morgan fingerprint density at radius 3 is 2.17 bits per heavy atom. The first-order valence-corrected chi connectivity index (χ1v) is 12.8. The van der Waals surface area contributed by atoms with Gasteiger partial charge in [0, 0.05) is 48.3 Å². The van der Waals surface area contributed by atoms with Crippen molar-refractivity contribution >= 4 is 40.6 Å². The lowest BCUT2D eigenvalue weighted by atomic mass is 10.0. The number of H-pyrrole nitrogens is 2. The van der Waals surface area contributed by atoms with Gasteiger partial charge in [-0.3, -0.25) is 19.2 Å². The van der Waals surface area contributed by atoms with E-state index < -0.39 is 66.4 Å². The Bertz CT molecular complexity index is 1370. The molecular formula is C26H33N7O8. The molecule has 0 spiro atoms. The number of fused-ring (bicyclic) bond motifs is 1. The van der Waals surface area contributed by atoms with E-state index in [0.717, 1.165) is 10.9 Å². The second-order valence-corrected chi connectivity index (χ2v) is 9.57. The number of nitrogens with zero attached hydrogens (tertiary/aromatic N) is 1. The number of para-hydroxylation sites is 1. The monoisotopic (exact) mass is 571 g/mol. The van der Waals surface area contributed by atoms with E-state index in [9.17, 15) is 34.2 Å². The zero-order valence-corrected chi connectivity index (χ0v) is 22.2. The Morgan fingerprint density at radius 2 is 1.56 bits per heavy atom. The average molecular weight is 572 g/mol. The number of carboxylic acid groups (broad SMARTS) is 2. The van der Waals surface area contributed by atoms with Crippen molar-refractivity contribution < 1.29 is 39.3 Å². The van der Waals surface area contributed by atoms with Gasteiger partial charge in [-0.2, -0.15) is 0 Å². The van der Waals surface area contributed by atoms with Gasteiger partial charge in [-0.05, 0) is 25.0 Å². The van der Waals surface area contributed by atoms with Gasteiger partial charge in [-0.25, -0.2) is 9.78 Å². The van der Waals surface area contributed by atoms with Crippen LogP contribution in [0.25, 0.3) is 10.9 Å². The number of carbonyl (C=O) groups is 5.